The Morgan fingerprint density at radius 3 is 1.61 bits per heavy atom. The van der Waals surface area contributed by atoms with Crippen molar-refractivity contribution in [2.24, 2.45) is 23.7 Å². The Balaban J connectivity index is 1.22. The Hall–Kier alpha value is -9.25. The molecule has 8 rings (SSSR count). The van der Waals surface area contributed by atoms with E-state index in [0.29, 0.717) is 18.4 Å². The molecular weight excluding hydrogens is 1250 g/mol. The number of aryl methyl sites for hydroxylation is 2. The number of halogens is 1. The minimum Gasteiger partial charge on any atom is -0.458 e. The number of cyclic esters (lactones) is 2. The van der Waals surface area contributed by atoms with Crippen LogP contribution in [0, 0.1) is 37.5 Å². The molecule has 0 saturated carbocycles. The zero-order valence-electron chi connectivity index (χ0n) is 57.3. The van der Waals surface area contributed by atoms with Gasteiger partial charge in [-0.3, -0.25) is 47.9 Å². The summed E-state index contributed by atoms with van der Waals surface area (Å²) in [6, 6.07) is -8.12. The number of likely N-dealkylation sites (N-methyl/N-ethyl adjacent to an activating group) is 4. The van der Waals surface area contributed by atoms with Crippen LogP contribution in [-0.2, 0) is 64.1 Å². The topological polar surface area (TPSA) is 355 Å². The molecular formula is C66H89FN12O17. The highest BCUT2D eigenvalue weighted by molar-refractivity contribution is 6.15. The van der Waals surface area contributed by atoms with Gasteiger partial charge in [0.1, 0.15) is 72.7 Å². The highest BCUT2D eigenvalue weighted by Gasteiger charge is 2.47. The van der Waals surface area contributed by atoms with Gasteiger partial charge in [0.25, 0.3) is 11.8 Å². The number of nitrogens with zero attached hydrogens (tertiary/aromatic N) is 7. The van der Waals surface area contributed by atoms with Crippen LogP contribution >= 0.6 is 0 Å². The van der Waals surface area contributed by atoms with Crippen LogP contribution in [0.4, 0.5) is 15.8 Å². The summed E-state index contributed by atoms with van der Waals surface area (Å²) in [5, 5.41) is 13.9. The first-order valence-electron chi connectivity index (χ1n) is 32.6. The largest absolute Gasteiger partial charge is 0.458 e. The number of carbonyl (C=O) groups excluding carboxylic acids is 12. The molecule has 5 aliphatic rings. The number of carbonyl (C=O) groups is 12. The van der Waals surface area contributed by atoms with Crippen molar-refractivity contribution in [1.29, 1.82) is 0 Å². The van der Waals surface area contributed by atoms with E-state index in [2.05, 4.69) is 31.6 Å². The van der Waals surface area contributed by atoms with Crippen LogP contribution in [0.5, 0.6) is 11.5 Å². The number of fused-ring (bicyclic) bond motifs is 5. The molecule has 96 heavy (non-hydrogen) atoms. The van der Waals surface area contributed by atoms with Gasteiger partial charge in [-0.25, -0.2) is 23.8 Å². The van der Waals surface area contributed by atoms with Gasteiger partial charge < -0.3 is 74.6 Å². The first-order chi connectivity index (χ1) is 45.1. The van der Waals surface area contributed by atoms with Crippen molar-refractivity contribution in [3.63, 3.8) is 0 Å². The molecule has 0 unspecified atom stereocenters. The third-order valence-corrected chi connectivity index (χ3v) is 18.6. The van der Waals surface area contributed by atoms with Gasteiger partial charge in [-0.2, -0.15) is 0 Å². The van der Waals surface area contributed by atoms with Gasteiger partial charge in [0.2, 0.25) is 47.3 Å². The number of esters is 2. The number of benzene rings is 2. The van der Waals surface area contributed by atoms with Gasteiger partial charge >= 0.3 is 17.6 Å². The molecule has 5 aliphatic heterocycles. The second kappa shape index (κ2) is 29.4. The predicted octanol–water partition coefficient (Wildman–Crippen LogP) is 2.75. The molecule has 4 saturated heterocycles. The van der Waals surface area contributed by atoms with Crippen LogP contribution in [0.2, 0.25) is 0 Å². The van der Waals surface area contributed by atoms with Gasteiger partial charge in [0, 0.05) is 46.3 Å². The summed E-state index contributed by atoms with van der Waals surface area (Å²) in [5.74, 6) is -12.6. The standard InChI is InChI=1S/C66H89FN12O17/c1-17-77-28-42(81)76(16)52(32(8)9)66(92)94-36(13)47(59(85)71-45(30(4)5)63(89)79-25-19-21-40(79)61(77)87)73-57(83)43-49-55(96-64(90)38(26-67)68-49)34(11)54-50(43)69-48-37(23-22-33(10)53(48)95-54)56(82)72-46-35(12)93-65(91)51(31(6)7)75(15)41(80)27-74(14)60(86)39-20-18-24-78(39)62(88)44(29(2)3)70-58(46)84/h22-23,29-32,35-36,39-40,44-47,51-52,69H,17-21,24-28H2,1-16H3,(H,70,84)(H,71,85)(H,72,82)(H,73,83)/t35-,36-,39+,40+,44-,45-,46+,47+,51+,52+/m1/s1. The van der Waals surface area contributed by atoms with E-state index >= 15 is 14.4 Å². The Labute approximate surface area is 555 Å². The molecule has 4 fully saturated rings. The minimum atomic E-state index is -1.94. The van der Waals surface area contributed by atoms with E-state index in [4.69, 9.17) is 18.6 Å². The van der Waals surface area contributed by atoms with Crippen molar-refractivity contribution >= 4 is 93.5 Å². The minimum absolute atomic E-state index is 0.0254. The first-order valence-corrected chi connectivity index (χ1v) is 32.6. The van der Waals surface area contributed by atoms with E-state index < -0.39 is 197 Å². The van der Waals surface area contributed by atoms with Crippen molar-refractivity contribution in [3.05, 3.63) is 50.5 Å². The Morgan fingerprint density at radius 2 is 1.14 bits per heavy atom. The number of anilines is 2. The van der Waals surface area contributed by atoms with Crippen molar-refractivity contribution in [2.75, 3.05) is 59.2 Å². The lowest BCUT2D eigenvalue weighted by atomic mass is 9.98. The maximum atomic E-state index is 15.7. The summed E-state index contributed by atoms with van der Waals surface area (Å²) >= 11 is 0. The molecule has 29 nitrogen and oxygen atoms in total. The second-order valence-electron chi connectivity index (χ2n) is 26.8. The number of aromatic nitrogens is 1. The molecule has 0 aliphatic carbocycles. The average Bonchev–Trinajstić information content (AvgIpc) is 0.899. The van der Waals surface area contributed by atoms with E-state index in [1.54, 1.807) is 69.2 Å². The Kier molecular flexibility index (Phi) is 22.2. The molecule has 10 amide bonds. The molecule has 30 heteroatoms. The Morgan fingerprint density at radius 1 is 0.646 bits per heavy atom. The predicted molar refractivity (Wildman–Crippen MR) is 344 cm³/mol. The van der Waals surface area contributed by atoms with Crippen LogP contribution in [-0.4, -0.2) is 220 Å². The van der Waals surface area contributed by atoms with E-state index in [1.165, 1.54) is 73.6 Å². The molecule has 0 radical (unpaired) electrons. The van der Waals surface area contributed by atoms with Crippen LogP contribution in [0.25, 0.3) is 11.1 Å². The lowest BCUT2D eigenvalue weighted by Gasteiger charge is -2.36. The molecule has 3 aromatic rings. The summed E-state index contributed by atoms with van der Waals surface area (Å²) in [6.45, 7) is 18.6. The molecule has 0 bridgehead atoms. The van der Waals surface area contributed by atoms with Crippen molar-refractivity contribution in [1.82, 2.24) is 55.7 Å². The molecule has 522 valence electrons. The van der Waals surface area contributed by atoms with E-state index in [0.717, 1.165) is 9.80 Å². The van der Waals surface area contributed by atoms with E-state index in [-0.39, 0.29) is 72.1 Å². The van der Waals surface area contributed by atoms with Crippen LogP contribution in [0.15, 0.2) is 21.3 Å². The van der Waals surface area contributed by atoms with E-state index in [9.17, 15) is 52.3 Å². The summed E-state index contributed by atoms with van der Waals surface area (Å²) < 4.78 is 39.1. The third-order valence-electron chi connectivity index (χ3n) is 18.6. The second-order valence-corrected chi connectivity index (χ2v) is 26.8. The van der Waals surface area contributed by atoms with Crippen LogP contribution in [0.1, 0.15) is 139 Å². The molecule has 10 atom stereocenters. The molecule has 6 heterocycles. The number of hydrogen-bond donors (Lipinski definition) is 5. The molecule has 0 spiro atoms. The summed E-state index contributed by atoms with van der Waals surface area (Å²) in [5.41, 5.74) is -3.78. The fraction of sp³-hybridized carbons (Fsp3) is 0.606. The van der Waals surface area contributed by atoms with Gasteiger partial charge in [0.05, 0.1) is 35.6 Å². The van der Waals surface area contributed by atoms with Gasteiger partial charge in [-0.05, 0) is 95.6 Å². The zero-order chi connectivity index (χ0) is 71.0. The zero-order valence-corrected chi connectivity index (χ0v) is 57.3. The van der Waals surface area contributed by atoms with Crippen molar-refractivity contribution in [3.8, 4) is 11.5 Å². The third kappa shape index (κ3) is 14.3. The molecule has 1 aromatic heterocycles. The van der Waals surface area contributed by atoms with Gasteiger partial charge in [-0.1, -0.05) is 61.5 Å². The van der Waals surface area contributed by atoms with Gasteiger partial charge in [-0.15, -0.1) is 0 Å². The van der Waals surface area contributed by atoms with Gasteiger partial charge in [0.15, 0.2) is 22.8 Å². The maximum Gasteiger partial charge on any atom is 0.360 e. The molecule has 2 aromatic carbocycles. The van der Waals surface area contributed by atoms with Crippen LogP contribution < -0.4 is 36.9 Å². The average molecular weight is 1340 g/mol. The summed E-state index contributed by atoms with van der Waals surface area (Å²) in [7, 11) is 4.16. The van der Waals surface area contributed by atoms with Crippen molar-refractivity contribution < 1.29 is 80.6 Å². The lowest BCUT2D eigenvalue weighted by Crippen LogP contribution is -2.61. The number of hydrogen-bond acceptors (Lipinski definition) is 19. The number of alkyl halides is 1. The normalized spacial score (nSPS) is 25.6. The number of nitrogens with one attached hydrogen (secondary N) is 5. The van der Waals surface area contributed by atoms with Crippen molar-refractivity contribution in [2.45, 2.75) is 183 Å². The fourth-order valence-electron chi connectivity index (χ4n) is 13.1. The SMILES string of the molecule is CCN1CC(=O)N(C)[C@@H](C(C)C)C(=O)O[C@H](C)[C@H](NC(=O)c2c3c(c(C)c4oc(=O)c(CF)nc24)Oc2c(C)ccc(C(=O)N[C@@H]4C(=O)N[C@H](C(C)C)C(=O)N5CCC[C@H]5C(=O)N(C)CC(=O)N(C)[C@@H](C(C)C)C(=O)O[C@@H]4C)c2N3)C(=O)N[C@H](C(C)C)C(=O)N2CCC[C@H]2C1=O. The Bertz CT molecular complexity index is 3700. The fourth-order valence-corrected chi connectivity index (χ4v) is 13.1. The highest BCUT2D eigenvalue weighted by atomic mass is 19.1. The van der Waals surface area contributed by atoms with E-state index in [1.807, 2.05) is 0 Å². The number of rotatable bonds is 10. The molecule has 5 N–H and O–H groups in total. The summed E-state index contributed by atoms with van der Waals surface area (Å²) in [4.78, 5) is 201. The first kappa shape index (κ1) is 72.6. The monoisotopic (exact) mass is 1340 g/mol. The quantitative estimate of drug-likeness (QED) is 0.143. The van der Waals surface area contributed by atoms with Crippen LogP contribution in [0.3, 0.4) is 0 Å². The summed E-state index contributed by atoms with van der Waals surface area (Å²) in [6.07, 6.45) is -1.79. The highest BCUT2D eigenvalue weighted by Crippen LogP contribution is 2.51. The number of ether oxygens (including phenoxy) is 3. The lowest BCUT2D eigenvalue weighted by molar-refractivity contribution is -0.163. The smallest absolute Gasteiger partial charge is 0.360 e. The maximum absolute atomic E-state index is 15.7. The number of amides is 10.